The van der Waals surface area contributed by atoms with Crippen molar-refractivity contribution in [3.05, 3.63) is 182 Å². The van der Waals surface area contributed by atoms with E-state index in [1.165, 1.54) is 88.2 Å². The second kappa shape index (κ2) is 10.4. The van der Waals surface area contributed by atoms with Crippen molar-refractivity contribution in [3.8, 4) is 33.6 Å². The van der Waals surface area contributed by atoms with Crippen molar-refractivity contribution in [1.29, 1.82) is 0 Å². The predicted octanol–water partition coefficient (Wildman–Crippen LogP) is 10.8. The predicted molar refractivity (Wildman–Crippen MR) is 220 cm³/mol. The third kappa shape index (κ3) is 3.60. The molecule has 12 rings (SSSR count). The smallest absolute Gasteiger partial charge is 0.329 e. The van der Waals surface area contributed by atoms with Crippen LogP contribution in [0.5, 0.6) is 0 Å². The summed E-state index contributed by atoms with van der Waals surface area (Å²) < 4.78 is 5.00. The van der Waals surface area contributed by atoms with Crippen molar-refractivity contribution >= 4 is 72.8 Å². The minimum atomic E-state index is 0.0263. The molecule has 52 heavy (non-hydrogen) atoms. The number of anilines is 2. The van der Waals surface area contributed by atoms with Crippen LogP contribution in [-0.2, 0) is 0 Å². The van der Waals surface area contributed by atoms with Crippen LogP contribution in [0.4, 0.5) is 11.4 Å². The molecule has 10 aromatic rings. The van der Waals surface area contributed by atoms with E-state index in [4.69, 9.17) is 0 Å². The number of benzene rings is 8. The van der Waals surface area contributed by atoms with Crippen LogP contribution < -0.4 is 15.7 Å². The normalized spacial score (nSPS) is 12.9. The molecular formula is C48H30BN3. The van der Waals surface area contributed by atoms with Crippen LogP contribution in [0, 0.1) is 0 Å². The molecule has 0 N–H and O–H groups in total. The quantitative estimate of drug-likeness (QED) is 0.168. The van der Waals surface area contributed by atoms with Crippen LogP contribution >= 0.6 is 0 Å². The van der Waals surface area contributed by atoms with Gasteiger partial charge in [0, 0.05) is 55.4 Å². The first-order valence-corrected chi connectivity index (χ1v) is 18.1. The molecule has 0 unspecified atom stereocenters. The first-order chi connectivity index (χ1) is 25.8. The molecular weight excluding hydrogens is 629 g/mol. The molecule has 0 radical (unpaired) electrons. The van der Waals surface area contributed by atoms with Gasteiger partial charge in [-0.15, -0.1) is 0 Å². The summed E-state index contributed by atoms with van der Waals surface area (Å²) in [6.45, 7) is 0.0263. The number of nitrogens with zero attached hydrogens (tertiary/aromatic N) is 3. The highest BCUT2D eigenvalue weighted by atomic mass is 15.1. The van der Waals surface area contributed by atoms with Crippen LogP contribution in [0.2, 0.25) is 0 Å². The molecule has 0 saturated heterocycles. The third-order valence-corrected chi connectivity index (χ3v) is 11.5. The average molecular weight is 660 g/mol. The summed E-state index contributed by atoms with van der Waals surface area (Å²) in [5.74, 6) is 0. The molecule has 0 saturated carbocycles. The molecule has 4 heterocycles. The Morgan fingerprint density at radius 1 is 0.327 bits per heavy atom. The maximum atomic E-state index is 2.59. The molecule has 3 nitrogen and oxygen atoms in total. The molecule has 0 atom stereocenters. The van der Waals surface area contributed by atoms with E-state index in [-0.39, 0.29) is 6.85 Å². The van der Waals surface area contributed by atoms with Gasteiger partial charge in [-0.25, -0.2) is 0 Å². The van der Waals surface area contributed by atoms with Crippen molar-refractivity contribution in [3.63, 3.8) is 0 Å². The highest BCUT2D eigenvalue weighted by molar-refractivity contribution is 6.92. The maximum Gasteiger partial charge on any atom is 0.329 e. The van der Waals surface area contributed by atoms with Crippen molar-refractivity contribution in [2.24, 2.45) is 0 Å². The zero-order chi connectivity index (χ0) is 33.9. The molecule has 0 aliphatic carbocycles. The molecule has 2 aliphatic heterocycles. The van der Waals surface area contributed by atoms with Crippen molar-refractivity contribution in [2.45, 2.75) is 0 Å². The van der Waals surface area contributed by atoms with Crippen LogP contribution in [0.3, 0.4) is 0 Å². The Labute approximate surface area is 301 Å². The van der Waals surface area contributed by atoms with E-state index in [9.17, 15) is 0 Å². The summed E-state index contributed by atoms with van der Waals surface area (Å²) in [6, 6.07) is 67.2. The maximum absolute atomic E-state index is 2.59. The fourth-order valence-corrected chi connectivity index (χ4v) is 9.42. The highest BCUT2D eigenvalue weighted by Crippen LogP contribution is 2.48. The van der Waals surface area contributed by atoms with Crippen molar-refractivity contribution in [2.75, 3.05) is 4.81 Å². The lowest BCUT2D eigenvalue weighted by atomic mass is 9.43. The molecule has 8 aromatic carbocycles. The van der Waals surface area contributed by atoms with Gasteiger partial charge in [-0.3, -0.25) is 0 Å². The minimum absolute atomic E-state index is 0.0263. The van der Waals surface area contributed by atoms with E-state index >= 15 is 0 Å². The highest BCUT2D eigenvalue weighted by Gasteiger charge is 2.42. The topological polar surface area (TPSA) is 13.1 Å². The summed E-state index contributed by atoms with van der Waals surface area (Å²) in [4.78, 5) is 2.59. The summed E-state index contributed by atoms with van der Waals surface area (Å²) in [6.07, 6.45) is 0. The molecule has 2 aromatic heterocycles. The first kappa shape index (κ1) is 28.0. The SMILES string of the molecule is c1ccc(-n2c3ccccc3c3ccc4c5cc6c(cc5n(-c5ccccc5)c4c32)B2c3ccccc3-c3ccccc3N2c2ccccc2-6)cc1. The van der Waals surface area contributed by atoms with E-state index in [0.29, 0.717) is 0 Å². The largest absolute Gasteiger partial charge is 0.376 e. The van der Waals surface area contributed by atoms with Crippen LogP contribution in [0.15, 0.2) is 182 Å². The van der Waals surface area contributed by atoms with E-state index in [1.54, 1.807) is 0 Å². The zero-order valence-corrected chi connectivity index (χ0v) is 28.2. The Morgan fingerprint density at radius 3 is 1.54 bits per heavy atom. The summed E-state index contributed by atoms with van der Waals surface area (Å²) >= 11 is 0. The molecule has 0 bridgehead atoms. The fourth-order valence-electron chi connectivity index (χ4n) is 9.42. The molecule has 2 aliphatic rings. The average Bonchev–Trinajstić information content (AvgIpc) is 3.73. The van der Waals surface area contributed by atoms with Gasteiger partial charge in [-0.2, -0.15) is 0 Å². The van der Waals surface area contributed by atoms with Crippen LogP contribution in [0.1, 0.15) is 0 Å². The molecule has 0 amide bonds. The minimum Gasteiger partial charge on any atom is -0.376 e. The number of fused-ring (bicyclic) bond motifs is 18. The van der Waals surface area contributed by atoms with Crippen LogP contribution in [0.25, 0.3) is 77.2 Å². The summed E-state index contributed by atoms with van der Waals surface area (Å²) in [7, 11) is 0. The van der Waals surface area contributed by atoms with Gasteiger partial charge in [0.2, 0.25) is 0 Å². The Hall–Kier alpha value is -6.78. The van der Waals surface area contributed by atoms with E-state index < -0.39 is 0 Å². The lowest BCUT2D eigenvalue weighted by Gasteiger charge is -2.43. The first-order valence-electron chi connectivity index (χ1n) is 18.1. The van der Waals surface area contributed by atoms with Gasteiger partial charge in [-0.1, -0.05) is 127 Å². The Morgan fingerprint density at radius 2 is 0.846 bits per heavy atom. The van der Waals surface area contributed by atoms with Gasteiger partial charge in [0.1, 0.15) is 0 Å². The second-order valence-corrected chi connectivity index (χ2v) is 14.1. The Kier molecular flexibility index (Phi) is 5.58. The third-order valence-electron chi connectivity index (χ3n) is 11.5. The lowest BCUT2D eigenvalue weighted by molar-refractivity contribution is 1.15. The van der Waals surface area contributed by atoms with E-state index in [0.717, 1.165) is 11.4 Å². The number of aromatic nitrogens is 2. The number of para-hydroxylation sites is 5. The van der Waals surface area contributed by atoms with E-state index in [1.807, 2.05) is 0 Å². The van der Waals surface area contributed by atoms with Gasteiger partial charge in [0.05, 0.1) is 22.1 Å². The van der Waals surface area contributed by atoms with Gasteiger partial charge in [0.25, 0.3) is 0 Å². The number of hydrogen-bond donors (Lipinski definition) is 0. The van der Waals surface area contributed by atoms with Crippen molar-refractivity contribution in [1.82, 2.24) is 9.13 Å². The van der Waals surface area contributed by atoms with Gasteiger partial charge in [-0.05, 0) is 76.6 Å². The van der Waals surface area contributed by atoms with Gasteiger partial charge < -0.3 is 13.9 Å². The molecule has 240 valence electrons. The van der Waals surface area contributed by atoms with Crippen LogP contribution in [-0.4, -0.2) is 16.0 Å². The number of hydrogen-bond acceptors (Lipinski definition) is 1. The lowest BCUT2D eigenvalue weighted by Crippen LogP contribution is -2.59. The summed E-state index contributed by atoms with van der Waals surface area (Å²) in [5, 5.41) is 5.03. The Bertz CT molecular complexity index is 3080. The monoisotopic (exact) mass is 659 g/mol. The van der Waals surface area contributed by atoms with Crippen molar-refractivity contribution < 1.29 is 0 Å². The molecule has 0 fully saturated rings. The second-order valence-electron chi connectivity index (χ2n) is 14.1. The fraction of sp³-hybridized carbons (Fsp3) is 0. The van der Waals surface area contributed by atoms with Gasteiger partial charge in [0.15, 0.2) is 0 Å². The molecule has 0 spiro atoms. The standard InChI is InChI=1S/C48H30BN3/c1-3-15-31(16-4-1)50-43-24-12-8-21-35(43)37-27-28-38-40-29-39-36-22-10-14-26-45(36)52-44-25-13-9-20-34(44)33-19-7-11-23-41(33)49(52)42(39)30-46(40)51(48(38)47(37)50)32-17-5-2-6-18-32/h1-30H. The zero-order valence-electron chi connectivity index (χ0n) is 28.2. The Balaban J connectivity index is 1.27. The number of rotatable bonds is 2. The van der Waals surface area contributed by atoms with E-state index in [2.05, 4.69) is 196 Å². The van der Waals surface area contributed by atoms with Gasteiger partial charge >= 0.3 is 6.85 Å². The summed E-state index contributed by atoms with van der Waals surface area (Å²) in [5.41, 5.74) is 17.5. The molecule has 4 heteroatoms.